The second kappa shape index (κ2) is 2.93. The second-order valence-electron chi connectivity index (χ2n) is 2.63. The molecule has 2 rings (SSSR count). The van der Waals surface area contributed by atoms with Crippen LogP contribution in [0.3, 0.4) is 0 Å². The molecule has 13 heavy (non-hydrogen) atoms. The van der Waals surface area contributed by atoms with Crippen LogP contribution < -0.4 is 0 Å². The molecular formula is C8H8N4O. The molecule has 0 saturated heterocycles. The van der Waals surface area contributed by atoms with E-state index in [1.807, 2.05) is 6.92 Å². The highest BCUT2D eigenvalue weighted by Crippen LogP contribution is 1.99. The van der Waals surface area contributed by atoms with E-state index in [9.17, 15) is 4.79 Å². The predicted octanol–water partition coefficient (Wildman–Crippen LogP) is 0.499. The van der Waals surface area contributed by atoms with E-state index >= 15 is 0 Å². The van der Waals surface area contributed by atoms with Crippen LogP contribution in [-0.4, -0.2) is 25.9 Å². The van der Waals surface area contributed by atoms with E-state index in [-0.39, 0.29) is 0 Å². The molecule has 0 aromatic carbocycles. The highest BCUT2D eigenvalue weighted by atomic mass is 16.1. The van der Waals surface area contributed by atoms with Gasteiger partial charge in [-0.3, -0.25) is 4.79 Å². The summed E-state index contributed by atoms with van der Waals surface area (Å²) in [6, 6.07) is 0. The molecule has 0 saturated carbocycles. The summed E-state index contributed by atoms with van der Waals surface area (Å²) < 4.78 is 1.52. The van der Waals surface area contributed by atoms with E-state index in [1.165, 1.54) is 10.7 Å². The van der Waals surface area contributed by atoms with Gasteiger partial charge in [0.15, 0.2) is 12.1 Å². The van der Waals surface area contributed by atoms with Crippen LogP contribution in [0.15, 0.2) is 12.4 Å². The van der Waals surface area contributed by atoms with E-state index in [0.717, 1.165) is 18.5 Å². The normalized spacial score (nSPS) is 10.5. The molecule has 0 aliphatic carbocycles. The number of rotatable bonds is 2. The number of nitrogens with zero attached hydrogens (tertiary/aromatic N) is 4. The van der Waals surface area contributed by atoms with Crippen molar-refractivity contribution in [3.63, 3.8) is 0 Å². The fraction of sp³-hybridized carbons (Fsp3) is 0.250. The van der Waals surface area contributed by atoms with Crippen molar-refractivity contribution < 1.29 is 4.79 Å². The van der Waals surface area contributed by atoms with Crippen LogP contribution in [0.25, 0.3) is 5.78 Å². The topological polar surface area (TPSA) is 60.2 Å². The molecule has 0 spiro atoms. The van der Waals surface area contributed by atoms with Gasteiger partial charge in [0.2, 0.25) is 0 Å². The molecule has 2 heterocycles. The summed E-state index contributed by atoms with van der Waals surface area (Å²) in [6.07, 6.45) is 4.59. The van der Waals surface area contributed by atoms with Crippen LogP contribution in [0, 0.1) is 0 Å². The average molecular weight is 176 g/mol. The van der Waals surface area contributed by atoms with Crippen molar-refractivity contribution in [3.8, 4) is 0 Å². The molecule has 5 nitrogen and oxygen atoms in total. The zero-order valence-corrected chi connectivity index (χ0v) is 7.14. The highest BCUT2D eigenvalue weighted by Gasteiger charge is 2.02. The summed E-state index contributed by atoms with van der Waals surface area (Å²) in [5, 5.41) is 4.12. The number of carbonyl (C=O) groups excluding carboxylic acids is 1. The van der Waals surface area contributed by atoms with Gasteiger partial charge >= 0.3 is 0 Å². The molecule has 0 atom stereocenters. The Labute approximate surface area is 74.4 Å². The van der Waals surface area contributed by atoms with Crippen LogP contribution in [0.5, 0.6) is 0 Å². The van der Waals surface area contributed by atoms with Crippen molar-refractivity contribution in [1.82, 2.24) is 19.6 Å². The molecule has 0 bridgehead atoms. The Kier molecular flexibility index (Phi) is 1.77. The summed E-state index contributed by atoms with van der Waals surface area (Å²) in [7, 11) is 0. The quantitative estimate of drug-likeness (QED) is 0.625. The minimum Gasteiger partial charge on any atom is -0.298 e. The van der Waals surface area contributed by atoms with Crippen molar-refractivity contribution in [2.24, 2.45) is 0 Å². The minimum atomic E-state index is 0.500. The third-order valence-corrected chi connectivity index (χ3v) is 1.71. The van der Waals surface area contributed by atoms with Gasteiger partial charge in [0.1, 0.15) is 0 Å². The SMILES string of the molecule is CCc1nc2ncc(C=O)cn2n1. The van der Waals surface area contributed by atoms with Gasteiger partial charge in [-0.2, -0.15) is 4.98 Å². The highest BCUT2D eigenvalue weighted by molar-refractivity contribution is 5.73. The Bertz CT molecular complexity index is 448. The molecule has 5 heteroatoms. The summed E-state index contributed by atoms with van der Waals surface area (Å²) in [5.41, 5.74) is 0.500. The first-order valence-corrected chi connectivity index (χ1v) is 4.00. The van der Waals surface area contributed by atoms with E-state index in [1.54, 1.807) is 6.20 Å². The maximum absolute atomic E-state index is 10.4. The summed E-state index contributed by atoms with van der Waals surface area (Å²) in [6.45, 7) is 1.97. The first-order valence-electron chi connectivity index (χ1n) is 4.00. The van der Waals surface area contributed by atoms with E-state index < -0.39 is 0 Å². The number of aldehydes is 1. The Hall–Kier alpha value is -1.78. The van der Waals surface area contributed by atoms with Crippen LogP contribution >= 0.6 is 0 Å². The molecular weight excluding hydrogens is 168 g/mol. The monoisotopic (exact) mass is 176 g/mol. The fourth-order valence-electron chi connectivity index (χ4n) is 1.05. The van der Waals surface area contributed by atoms with Gasteiger partial charge in [0, 0.05) is 18.8 Å². The maximum atomic E-state index is 10.4. The van der Waals surface area contributed by atoms with Crippen LogP contribution in [0.4, 0.5) is 0 Å². The molecule has 0 amide bonds. The largest absolute Gasteiger partial charge is 0.298 e. The number of hydrogen-bond donors (Lipinski definition) is 0. The third-order valence-electron chi connectivity index (χ3n) is 1.71. The molecule has 2 aromatic rings. The number of aryl methyl sites for hydroxylation is 1. The van der Waals surface area contributed by atoms with Crippen molar-refractivity contribution >= 4 is 12.1 Å². The Morgan fingerprint density at radius 1 is 1.62 bits per heavy atom. The second-order valence-corrected chi connectivity index (χ2v) is 2.63. The van der Waals surface area contributed by atoms with Gasteiger partial charge in [0.25, 0.3) is 5.78 Å². The lowest BCUT2D eigenvalue weighted by Gasteiger charge is -1.89. The summed E-state index contributed by atoms with van der Waals surface area (Å²) >= 11 is 0. The minimum absolute atomic E-state index is 0.500. The molecule has 0 fully saturated rings. The predicted molar refractivity (Wildman–Crippen MR) is 45.5 cm³/mol. The Balaban J connectivity index is 2.63. The molecule has 0 N–H and O–H groups in total. The van der Waals surface area contributed by atoms with Gasteiger partial charge in [0.05, 0.1) is 5.56 Å². The smallest absolute Gasteiger partial charge is 0.252 e. The lowest BCUT2D eigenvalue weighted by molar-refractivity contribution is 0.112. The number of aromatic nitrogens is 4. The molecule has 0 unspecified atom stereocenters. The third kappa shape index (κ3) is 1.28. The summed E-state index contributed by atoms with van der Waals surface area (Å²) in [4.78, 5) is 18.5. The number of hydrogen-bond acceptors (Lipinski definition) is 4. The van der Waals surface area contributed by atoms with Crippen molar-refractivity contribution in [3.05, 3.63) is 23.8 Å². The zero-order chi connectivity index (χ0) is 9.26. The molecule has 0 aliphatic heterocycles. The van der Waals surface area contributed by atoms with Gasteiger partial charge in [-0.05, 0) is 0 Å². The first kappa shape index (κ1) is 7.85. The lowest BCUT2D eigenvalue weighted by atomic mass is 10.4. The van der Waals surface area contributed by atoms with Crippen LogP contribution in [0.2, 0.25) is 0 Å². The molecule has 2 aromatic heterocycles. The Morgan fingerprint density at radius 2 is 2.46 bits per heavy atom. The van der Waals surface area contributed by atoms with Crippen molar-refractivity contribution in [2.45, 2.75) is 13.3 Å². The number of carbonyl (C=O) groups is 1. The van der Waals surface area contributed by atoms with Gasteiger partial charge < -0.3 is 0 Å². The zero-order valence-electron chi connectivity index (χ0n) is 7.14. The van der Waals surface area contributed by atoms with E-state index in [4.69, 9.17) is 0 Å². The molecule has 0 radical (unpaired) electrons. The lowest BCUT2D eigenvalue weighted by Crippen LogP contribution is -1.93. The van der Waals surface area contributed by atoms with Crippen LogP contribution in [-0.2, 0) is 6.42 Å². The average Bonchev–Trinajstić information content (AvgIpc) is 2.58. The molecule has 66 valence electrons. The van der Waals surface area contributed by atoms with Gasteiger partial charge in [-0.25, -0.2) is 9.50 Å². The van der Waals surface area contributed by atoms with Gasteiger partial charge in [-0.1, -0.05) is 6.92 Å². The van der Waals surface area contributed by atoms with E-state index in [0.29, 0.717) is 11.3 Å². The van der Waals surface area contributed by atoms with Crippen LogP contribution in [0.1, 0.15) is 23.1 Å². The van der Waals surface area contributed by atoms with E-state index in [2.05, 4.69) is 15.1 Å². The first-order chi connectivity index (χ1) is 6.33. The molecule has 0 aliphatic rings. The Morgan fingerprint density at radius 3 is 3.15 bits per heavy atom. The standard InChI is InChI=1S/C8H8N4O/c1-2-7-10-8-9-3-6(5-13)4-12(8)11-7/h3-5H,2H2,1H3. The summed E-state index contributed by atoms with van der Waals surface area (Å²) in [5.74, 6) is 1.26. The van der Waals surface area contributed by atoms with Crippen molar-refractivity contribution in [1.29, 1.82) is 0 Å². The van der Waals surface area contributed by atoms with Gasteiger partial charge in [-0.15, -0.1) is 5.10 Å². The number of fused-ring (bicyclic) bond motifs is 1. The fourth-order valence-corrected chi connectivity index (χ4v) is 1.05. The van der Waals surface area contributed by atoms with Crippen molar-refractivity contribution in [2.75, 3.05) is 0 Å². The maximum Gasteiger partial charge on any atom is 0.252 e.